The van der Waals surface area contributed by atoms with Gasteiger partial charge in [0.05, 0.1) is 58.4 Å². The highest BCUT2D eigenvalue weighted by Crippen LogP contribution is 2.40. The van der Waals surface area contributed by atoms with Crippen molar-refractivity contribution in [2.75, 3.05) is 68.0 Å². The molecule has 5 aliphatic heterocycles. The van der Waals surface area contributed by atoms with Crippen molar-refractivity contribution in [2.45, 2.75) is 127 Å². The lowest BCUT2D eigenvalue weighted by atomic mass is 9.91. The molecular weight excluding hydrogens is 1030 g/mol. The lowest BCUT2D eigenvalue weighted by Gasteiger charge is -2.46. The predicted octanol–water partition coefficient (Wildman–Crippen LogP) is 6.52. The summed E-state index contributed by atoms with van der Waals surface area (Å²) in [7, 11) is 0. The summed E-state index contributed by atoms with van der Waals surface area (Å²) in [6, 6.07) is 21.4. The van der Waals surface area contributed by atoms with E-state index >= 15 is 0 Å². The maximum absolute atomic E-state index is 14.3. The van der Waals surface area contributed by atoms with Gasteiger partial charge in [-0.05, 0) is 85.5 Å². The number of benzene rings is 2. The van der Waals surface area contributed by atoms with Gasteiger partial charge < -0.3 is 59.8 Å². The van der Waals surface area contributed by atoms with Crippen molar-refractivity contribution >= 4 is 40.3 Å². The number of anilines is 3. The van der Waals surface area contributed by atoms with Gasteiger partial charge in [0.25, 0.3) is 5.88 Å². The van der Waals surface area contributed by atoms with Crippen LogP contribution in [-0.4, -0.2) is 157 Å². The molecular formula is C58H71N11O9S. The van der Waals surface area contributed by atoms with E-state index in [9.17, 15) is 24.9 Å². The number of nitrogens with two attached hydrogens (primary N) is 1. The number of aromatic hydroxyl groups is 1. The van der Waals surface area contributed by atoms with Gasteiger partial charge in [-0.25, -0.2) is 9.97 Å². The standard InChI is InChI=1S/C58H71N11O9S/c1-34(2)54(58(74)69-31-41(71)24-49(69)57(73)62-47(32-70)36-11-13-37(14-12-36)55-35(3)61-33-79-55)51-28-53(65-78-51)75-22-21-66-19-16-42(17-20-66)76-43-25-44(26-43)77-52-23-38(15-18-60-52)67-29-40-8-6-7-39(67)30-68(40)48-27-46(63-64-56(48)59)45-9-4-5-10-50(45)72/h4-5,9-15,18,23,27-28,33-34,39-44,47,49,54,70-72H,6-8,16-17,19-22,24-26,29-32H2,1-3H3,(H2,59,64)(H,62,73)/t39?,40?,41-,43?,44?,47+,49+,54+/m1/s1. The van der Waals surface area contributed by atoms with E-state index in [-0.39, 0.29) is 73.4 Å². The Morgan fingerprint density at radius 3 is 2.41 bits per heavy atom. The molecule has 2 amide bonds. The fourth-order valence-electron chi connectivity index (χ4n) is 12.1. The number of hydrogen-bond donors (Lipinski definition) is 5. The number of β-amino-alcohol motifs (C(OH)–C–C–N with tert-alkyl or cyclic N) is 1. The Kier molecular flexibility index (Phi) is 16.3. The number of rotatable bonds is 19. The molecule has 12 rings (SSSR count). The first-order valence-corrected chi connectivity index (χ1v) is 28.7. The molecule has 2 bridgehead atoms. The van der Waals surface area contributed by atoms with Crippen LogP contribution >= 0.6 is 11.3 Å². The number of nitrogens with zero attached hydrogens (tertiary/aromatic N) is 9. The molecule has 21 heteroatoms. The van der Waals surface area contributed by atoms with Gasteiger partial charge in [0, 0.05) is 100 Å². The summed E-state index contributed by atoms with van der Waals surface area (Å²) in [5, 5.41) is 47.3. The Balaban J connectivity index is 0.608. The maximum atomic E-state index is 14.3. The second kappa shape index (κ2) is 23.8. The summed E-state index contributed by atoms with van der Waals surface area (Å²) in [6.45, 7) is 9.86. The number of aliphatic hydroxyl groups is 2. The number of para-hydroxylation sites is 1. The number of pyridine rings is 1. The average Bonchev–Trinajstić information content (AvgIpc) is 4.24. The Bertz CT molecular complexity index is 3050. The Labute approximate surface area is 463 Å². The van der Waals surface area contributed by atoms with Crippen LogP contribution in [0.2, 0.25) is 0 Å². The van der Waals surface area contributed by atoms with E-state index < -0.39 is 30.0 Å². The fraction of sp³-hybridized carbons (Fsp3) is 0.500. The molecule has 20 nitrogen and oxygen atoms in total. The average molecular weight is 1100 g/mol. The van der Waals surface area contributed by atoms with Gasteiger partial charge in [-0.15, -0.1) is 21.5 Å². The summed E-state index contributed by atoms with van der Waals surface area (Å²) in [5.74, 6) is -0.0127. The SMILES string of the molecule is Cc1ncsc1-c1ccc([C@H](CO)NC(=O)[C@@H]2C[C@@H](O)CN2C(=O)[C@H](c2cc(OCCN3CCC(OC4CC(Oc5cc(N6CC7CCCC6CN7c6cc(-c7ccccc7O)nnc6N)ccn5)C4)CC3)no2)C(C)C)cc1. The molecule has 1 saturated carbocycles. The molecule has 6 atom stereocenters. The van der Waals surface area contributed by atoms with Crippen LogP contribution in [-0.2, 0) is 14.3 Å². The predicted molar refractivity (Wildman–Crippen MR) is 298 cm³/mol. The summed E-state index contributed by atoms with van der Waals surface area (Å²) in [5.41, 5.74) is 14.1. The van der Waals surface area contributed by atoms with Crippen LogP contribution in [0.5, 0.6) is 17.5 Å². The Morgan fingerprint density at radius 2 is 1.66 bits per heavy atom. The highest BCUT2D eigenvalue weighted by Gasteiger charge is 2.44. The zero-order chi connectivity index (χ0) is 54.7. The quantitative estimate of drug-likeness (QED) is 0.0579. The minimum atomic E-state index is -0.939. The van der Waals surface area contributed by atoms with Gasteiger partial charge in [0.1, 0.15) is 30.4 Å². The first-order valence-electron chi connectivity index (χ1n) is 27.8. The smallest absolute Gasteiger partial charge is 0.254 e. The van der Waals surface area contributed by atoms with Crippen molar-refractivity contribution in [1.29, 1.82) is 0 Å². The third kappa shape index (κ3) is 12.0. The lowest BCUT2D eigenvalue weighted by Crippen LogP contribution is -2.57. The van der Waals surface area contributed by atoms with Crippen LogP contribution in [0, 0.1) is 12.8 Å². The first kappa shape index (κ1) is 54.1. The zero-order valence-corrected chi connectivity index (χ0v) is 45.8. The largest absolute Gasteiger partial charge is 0.507 e. The minimum absolute atomic E-state index is 0.00729. The molecule has 6 aliphatic rings. The number of phenols is 1. The summed E-state index contributed by atoms with van der Waals surface area (Å²) >= 11 is 1.55. The van der Waals surface area contributed by atoms with Crippen LogP contribution in [0.3, 0.4) is 0 Å². The number of likely N-dealkylation sites (tertiary alicyclic amines) is 2. The molecule has 4 aromatic heterocycles. The van der Waals surface area contributed by atoms with Crippen molar-refractivity contribution in [1.82, 2.24) is 40.4 Å². The monoisotopic (exact) mass is 1100 g/mol. The number of phenolic OH excluding ortho intramolecular Hbond substituents is 1. The number of hydrogen-bond acceptors (Lipinski definition) is 19. The number of amides is 2. The molecule has 2 aromatic carbocycles. The van der Waals surface area contributed by atoms with Crippen LogP contribution in [0.1, 0.15) is 94.2 Å². The second-order valence-corrected chi connectivity index (χ2v) is 22.9. The number of aromatic nitrogens is 5. The number of nitrogen functional groups attached to an aromatic ring is 1. The molecule has 0 spiro atoms. The van der Waals surface area contributed by atoms with Crippen LogP contribution in [0.15, 0.2) is 89.0 Å². The van der Waals surface area contributed by atoms with Crippen LogP contribution in [0.25, 0.3) is 21.7 Å². The number of aliphatic hydroxyl groups excluding tert-OH is 2. The third-order valence-corrected chi connectivity index (χ3v) is 17.4. The van der Waals surface area contributed by atoms with E-state index in [2.05, 4.69) is 57.5 Å². The minimum Gasteiger partial charge on any atom is -0.507 e. The number of aryl methyl sites for hydroxylation is 1. The van der Waals surface area contributed by atoms with E-state index in [1.807, 2.05) is 69.4 Å². The lowest BCUT2D eigenvalue weighted by molar-refractivity contribution is -0.141. The van der Waals surface area contributed by atoms with E-state index in [1.165, 1.54) is 4.90 Å². The van der Waals surface area contributed by atoms with Crippen molar-refractivity contribution in [2.24, 2.45) is 5.92 Å². The number of fused-ring (bicyclic) bond motifs is 4. The number of ether oxygens (including phenoxy) is 3. The molecule has 6 fully saturated rings. The molecule has 6 aromatic rings. The Morgan fingerprint density at radius 1 is 0.886 bits per heavy atom. The molecule has 0 radical (unpaired) electrons. The van der Waals surface area contributed by atoms with Crippen molar-refractivity contribution in [3.63, 3.8) is 0 Å². The van der Waals surface area contributed by atoms with E-state index in [4.69, 9.17) is 24.5 Å². The topological polar surface area (TPSA) is 251 Å². The van der Waals surface area contributed by atoms with Gasteiger partial charge in [-0.1, -0.05) is 50.2 Å². The van der Waals surface area contributed by atoms with Gasteiger partial charge in [0.15, 0.2) is 11.6 Å². The van der Waals surface area contributed by atoms with Gasteiger partial charge >= 0.3 is 0 Å². The Hall–Kier alpha value is -6.91. The number of piperidine rings is 1. The van der Waals surface area contributed by atoms with E-state index in [0.29, 0.717) is 47.4 Å². The number of nitrogens with one attached hydrogen (secondary N) is 1. The molecule has 1 aliphatic carbocycles. The number of carbonyl (C=O) groups excluding carboxylic acids is 2. The highest BCUT2D eigenvalue weighted by molar-refractivity contribution is 7.13. The molecule has 6 N–H and O–H groups in total. The summed E-state index contributed by atoms with van der Waals surface area (Å²) in [4.78, 5) is 46.7. The summed E-state index contributed by atoms with van der Waals surface area (Å²) < 4.78 is 24.8. The number of thiazole rings is 1. The first-order chi connectivity index (χ1) is 38.3. The number of carbonyl (C=O) groups is 2. The van der Waals surface area contributed by atoms with Crippen molar-refractivity contribution < 1.29 is 43.6 Å². The zero-order valence-electron chi connectivity index (χ0n) is 45.0. The van der Waals surface area contributed by atoms with Crippen LogP contribution < -0.4 is 30.3 Å². The molecule has 5 saturated heterocycles. The van der Waals surface area contributed by atoms with E-state index in [1.54, 1.807) is 35.0 Å². The summed E-state index contributed by atoms with van der Waals surface area (Å²) in [6.07, 6.45) is 8.07. The molecule has 79 heavy (non-hydrogen) atoms. The third-order valence-electron chi connectivity index (χ3n) is 16.5. The second-order valence-electron chi connectivity index (χ2n) is 22.1. The molecule has 9 heterocycles. The highest BCUT2D eigenvalue weighted by atomic mass is 32.1. The molecule has 418 valence electrons. The van der Waals surface area contributed by atoms with Gasteiger partial charge in [-0.3, -0.25) is 14.5 Å². The molecule has 2 unspecified atom stereocenters. The van der Waals surface area contributed by atoms with Crippen LogP contribution in [0.4, 0.5) is 17.2 Å². The fourth-order valence-corrected chi connectivity index (χ4v) is 12.9. The van der Waals surface area contributed by atoms with E-state index in [0.717, 1.165) is 98.6 Å². The number of piperazine rings is 1. The van der Waals surface area contributed by atoms with Gasteiger partial charge in [-0.2, -0.15) is 0 Å². The maximum Gasteiger partial charge on any atom is 0.254 e. The normalized spacial score (nSPS) is 23.3. The van der Waals surface area contributed by atoms with Crippen molar-refractivity contribution in [3.8, 4) is 39.2 Å². The van der Waals surface area contributed by atoms with Crippen molar-refractivity contribution in [3.05, 3.63) is 102 Å². The van der Waals surface area contributed by atoms with Gasteiger partial charge in [0.2, 0.25) is 17.7 Å².